The Kier molecular flexibility index (Phi) is 2.32. The smallest absolute Gasteiger partial charge is 0.299 e. The minimum atomic E-state index is 0.527. The summed E-state index contributed by atoms with van der Waals surface area (Å²) < 4.78 is 5.49. The second-order valence-corrected chi connectivity index (χ2v) is 3.57. The summed E-state index contributed by atoms with van der Waals surface area (Å²) >= 11 is 1.35. The molecule has 1 aromatic heterocycles. The van der Waals surface area contributed by atoms with Crippen LogP contribution in [0.4, 0.5) is 5.69 Å². The van der Waals surface area contributed by atoms with E-state index in [1.54, 1.807) is 5.51 Å². The van der Waals surface area contributed by atoms with Crippen LogP contribution in [0.25, 0.3) is 0 Å². The first-order valence-electron chi connectivity index (χ1n) is 4.06. The second kappa shape index (κ2) is 3.63. The molecule has 0 saturated heterocycles. The molecule has 0 unspecified atom stereocenters. The average molecular weight is 207 g/mol. The fourth-order valence-corrected chi connectivity index (χ4v) is 1.46. The highest BCUT2D eigenvalue weighted by Crippen LogP contribution is 2.28. The lowest BCUT2D eigenvalue weighted by Crippen LogP contribution is -1.92. The number of aromatic nitrogens is 2. The van der Waals surface area contributed by atoms with Crippen molar-refractivity contribution in [1.82, 2.24) is 10.2 Å². The molecule has 14 heavy (non-hydrogen) atoms. The lowest BCUT2D eigenvalue weighted by molar-refractivity contribution is 0.470. The van der Waals surface area contributed by atoms with Gasteiger partial charge in [0.1, 0.15) is 11.3 Å². The lowest BCUT2D eigenvalue weighted by Gasteiger charge is -2.06. The van der Waals surface area contributed by atoms with E-state index >= 15 is 0 Å². The van der Waals surface area contributed by atoms with Gasteiger partial charge in [-0.25, -0.2) is 0 Å². The number of nitrogens with zero attached hydrogens (tertiary/aromatic N) is 2. The van der Waals surface area contributed by atoms with Crippen LogP contribution >= 0.6 is 11.3 Å². The van der Waals surface area contributed by atoms with E-state index in [4.69, 9.17) is 10.5 Å². The molecule has 1 heterocycles. The van der Waals surface area contributed by atoms with Crippen LogP contribution in [0.2, 0.25) is 0 Å². The first-order chi connectivity index (χ1) is 6.77. The van der Waals surface area contributed by atoms with Crippen LogP contribution in [0.1, 0.15) is 5.56 Å². The Balaban J connectivity index is 2.29. The number of ether oxygens (including phenoxy) is 1. The number of hydrogen-bond acceptors (Lipinski definition) is 5. The third kappa shape index (κ3) is 1.67. The first-order valence-corrected chi connectivity index (χ1v) is 4.94. The zero-order chi connectivity index (χ0) is 9.97. The Hall–Kier alpha value is -1.62. The average Bonchev–Trinajstić information content (AvgIpc) is 2.66. The standard InChI is InChI=1S/C9H9N3OS/c1-6-7(10)3-2-4-8(6)13-9-12-11-5-14-9/h2-5H,10H2,1H3. The monoisotopic (exact) mass is 207 g/mol. The molecular weight excluding hydrogens is 198 g/mol. The highest BCUT2D eigenvalue weighted by Gasteiger charge is 2.05. The van der Waals surface area contributed by atoms with Crippen LogP contribution in [-0.2, 0) is 0 Å². The molecule has 0 fully saturated rings. The van der Waals surface area contributed by atoms with Crippen LogP contribution in [-0.4, -0.2) is 10.2 Å². The maximum atomic E-state index is 5.74. The van der Waals surface area contributed by atoms with Crippen molar-refractivity contribution < 1.29 is 4.74 Å². The van der Waals surface area contributed by atoms with Gasteiger partial charge in [0.25, 0.3) is 5.19 Å². The normalized spacial score (nSPS) is 10.1. The molecule has 2 aromatic rings. The highest BCUT2D eigenvalue weighted by molar-refractivity contribution is 7.11. The van der Waals surface area contributed by atoms with Gasteiger partial charge in [-0.15, -0.1) is 5.10 Å². The topological polar surface area (TPSA) is 61.0 Å². The zero-order valence-corrected chi connectivity index (χ0v) is 8.41. The number of hydrogen-bond donors (Lipinski definition) is 1. The fraction of sp³-hybridized carbons (Fsp3) is 0.111. The summed E-state index contributed by atoms with van der Waals surface area (Å²) in [5, 5.41) is 8.00. The van der Waals surface area contributed by atoms with Gasteiger partial charge < -0.3 is 10.5 Å². The molecule has 1 aromatic carbocycles. The summed E-state index contributed by atoms with van der Waals surface area (Å²) in [5.74, 6) is 0.724. The van der Waals surface area contributed by atoms with E-state index in [0.29, 0.717) is 10.9 Å². The molecule has 0 amide bonds. The van der Waals surface area contributed by atoms with Crippen LogP contribution in [0.5, 0.6) is 10.9 Å². The van der Waals surface area contributed by atoms with Gasteiger partial charge in [-0.3, -0.25) is 0 Å². The van der Waals surface area contributed by atoms with Gasteiger partial charge in [0, 0.05) is 11.3 Å². The molecule has 5 heteroatoms. The van der Waals surface area contributed by atoms with Crippen molar-refractivity contribution in [3.8, 4) is 10.9 Å². The number of benzene rings is 1. The molecule has 4 nitrogen and oxygen atoms in total. The quantitative estimate of drug-likeness (QED) is 0.767. The van der Waals surface area contributed by atoms with Gasteiger partial charge in [-0.1, -0.05) is 22.5 Å². The SMILES string of the molecule is Cc1c(N)cccc1Oc1nncs1. The van der Waals surface area contributed by atoms with Gasteiger partial charge in [-0.05, 0) is 19.1 Å². The lowest BCUT2D eigenvalue weighted by atomic mass is 10.2. The third-order valence-corrected chi connectivity index (χ3v) is 2.43. The summed E-state index contributed by atoms with van der Waals surface area (Å²) in [4.78, 5) is 0. The van der Waals surface area contributed by atoms with Crippen molar-refractivity contribution in [2.75, 3.05) is 5.73 Å². The molecule has 72 valence electrons. The molecule has 0 spiro atoms. The molecular formula is C9H9N3OS. The van der Waals surface area contributed by atoms with Crippen molar-refractivity contribution in [2.24, 2.45) is 0 Å². The Morgan fingerprint density at radius 2 is 2.29 bits per heavy atom. The molecule has 0 aliphatic carbocycles. The van der Waals surface area contributed by atoms with E-state index in [-0.39, 0.29) is 0 Å². The van der Waals surface area contributed by atoms with Gasteiger partial charge in [0.2, 0.25) is 0 Å². The van der Waals surface area contributed by atoms with Gasteiger partial charge in [-0.2, -0.15) is 0 Å². The number of rotatable bonds is 2. The second-order valence-electron chi connectivity index (χ2n) is 2.78. The fourth-order valence-electron chi connectivity index (χ4n) is 1.04. The highest BCUT2D eigenvalue weighted by atomic mass is 32.1. The predicted molar refractivity (Wildman–Crippen MR) is 55.6 cm³/mol. The van der Waals surface area contributed by atoms with E-state index in [9.17, 15) is 0 Å². The van der Waals surface area contributed by atoms with Crippen molar-refractivity contribution >= 4 is 17.0 Å². The van der Waals surface area contributed by atoms with E-state index in [0.717, 1.165) is 11.3 Å². The van der Waals surface area contributed by atoms with Crippen LogP contribution in [0.15, 0.2) is 23.7 Å². The van der Waals surface area contributed by atoms with Crippen molar-refractivity contribution in [3.63, 3.8) is 0 Å². The zero-order valence-electron chi connectivity index (χ0n) is 7.60. The van der Waals surface area contributed by atoms with Gasteiger partial charge >= 0.3 is 0 Å². The molecule has 0 atom stereocenters. The van der Waals surface area contributed by atoms with Crippen molar-refractivity contribution in [1.29, 1.82) is 0 Å². The maximum Gasteiger partial charge on any atom is 0.299 e. The van der Waals surface area contributed by atoms with Crippen molar-refractivity contribution in [3.05, 3.63) is 29.3 Å². The van der Waals surface area contributed by atoms with Crippen LogP contribution in [0.3, 0.4) is 0 Å². The Bertz CT molecular complexity index is 428. The summed E-state index contributed by atoms with van der Waals surface area (Å²) in [6.07, 6.45) is 0. The molecule has 0 bridgehead atoms. The first kappa shape index (κ1) is 8.96. The van der Waals surface area contributed by atoms with E-state index in [2.05, 4.69) is 10.2 Å². The largest absolute Gasteiger partial charge is 0.429 e. The van der Waals surface area contributed by atoms with Gasteiger partial charge in [0.05, 0.1) is 0 Å². The molecule has 2 rings (SSSR count). The number of nitrogens with two attached hydrogens (primary N) is 1. The maximum absolute atomic E-state index is 5.74. The van der Waals surface area contributed by atoms with E-state index in [1.807, 2.05) is 25.1 Å². The minimum Gasteiger partial charge on any atom is -0.429 e. The molecule has 0 aliphatic heterocycles. The number of nitrogen functional groups attached to an aromatic ring is 1. The van der Waals surface area contributed by atoms with Crippen LogP contribution in [0, 0.1) is 6.92 Å². The Labute approximate surface area is 85.4 Å². The summed E-state index contributed by atoms with van der Waals surface area (Å²) in [6.45, 7) is 1.91. The molecule has 0 radical (unpaired) electrons. The van der Waals surface area contributed by atoms with Crippen LogP contribution < -0.4 is 10.5 Å². The predicted octanol–water partition coefficient (Wildman–Crippen LogP) is 2.22. The molecule has 0 aliphatic rings. The summed E-state index contributed by atoms with van der Waals surface area (Å²) in [7, 11) is 0. The van der Waals surface area contributed by atoms with E-state index < -0.39 is 0 Å². The Morgan fingerprint density at radius 3 is 3.00 bits per heavy atom. The Morgan fingerprint density at radius 1 is 1.43 bits per heavy atom. The van der Waals surface area contributed by atoms with Crippen molar-refractivity contribution in [2.45, 2.75) is 6.92 Å². The molecule has 0 saturated carbocycles. The minimum absolute atomic E-state index is 0.527. The van der Waals surface area contributed by atoms with E-state index in [1.165, 1.54) is 11.3 Å². The third-order valence-electron chi connectivity index (χ3n) is 1.86. The summed E-state index contributed by atoms with van der Waals surface area (Å²) in [5.41, 5.74) is 8.99. The van der Waals surface area contributed by atoms with Gasteiger partial charge in [0.15, 0.2) is 0 Å². The number of anilines is 1. The summed E-state index contributed by atoms with van der Waals surface area (Å²) in [6, 6.07) is 5.54. The molecule has 2 N–H and O–H groups in total.